The highest BCUT2D eigenvalue weighted by atomic mass is 35.5. The largest absolute Gasteiger partial charge is 0.494 e. The maximum atomic E-state index is 15.1. The zero-order chi connectivity index (χ0) is 40.5. The van der Waals surface area contributed by atoms with E-state index in [1.165, 1.54) is 0 Å². The van der Waals surface area contributed by atoms with Crippen molar-refractivity contribution >= 4 is 48.8 Å². The van der Waals surface area contributed by atoms with Gasteiger partial charge in [-0.15, -0.1) is 5.10 Å². The highest BCUT2D eigenvalue weighted by molar-refractivity contribution is 6.71. The third-order valence-corrected chi connectivity index (χ3v) is 14.3. The Bertz CT molecular complexity index is 2090. The van der Waals surface area contributed by atoms with E-state index >= 15 is 4.79 Å². The average molecular weight is 817 g/mol. The number of rotatable bonds is 16. The highest BCUT2D eigenvalue weighted by Gasteiger charge is 2.66. The maximum Gasteiger partial charge on any atom is 0.264 e. The first kappa shape index (κ1) is 41.0. The van der Waals surface area contributed by atoms with E-state index in [4.69, 9.17) is 21.1 Å². The number of aliphatic hydroxyl groups is 2. The van der Waals surface area contributed by atoms with Crippen LogP contribution >= 0.6 is 11.6 Å². The van der Waals surface area contributed by atoms with Crippen molar-refractivity contribution in [3.63, 3.8) is 0 Å². The number of hydrogen-bond acceptors (Lipinski definition) is 10. The fraction of sp³-hybridized carbons (Fsp3) is 0.476. The molecule has 15 heteroatoms. The van der Waals surface area contributed by atoms with Crippen LogP contribution in [0.5, 0.6) is 5.75 Å². The fourth-order valence-corrected chi connectivity index (χ4v) is 11.9. The molecule has 1 spiro atoms. The molecule has 4 N–H and O–H groups in total. The lowest BCUT2D eigenvalue weighted by Gasteiger charge is -2.35. The van der Waals surface area contributed by atoms with Gasteiger partial charge in [-0.25, -0.2) is 0 Å². The minimum absolute atomic E-state index is 0.0214. The molecule has 3 aliphatic rings. The molecule has 0 saturated carbocycles. The first-order chi connectivity index (χ1) is 27.4. The molecule has 1 aromatic heterocycles. The van der Waals surface area contributed by atoms with Crippen molar-refractivity contribution in [2.45, 2.75) is 95.4 Å². The molecule has 2 amide bonds. The van der Waals surface area contributed by atoms with E-state index < -0.39 is 26.1 Å². The molecule has 57 heavy (non-hydrogen) atoms. The molecule has 1 unspecified atom stereocenters. The number of hydrogen-bond donors (Lipinski definition) is 4. The van der Waals surface area contributed by atoms with E-state index in [0.717, 1.165) is 29.0 Å². The number of unbranched alkanes of at least 4 members (excludes halogenated alkanes) is 1. The molecule has 3 aromatic carbocycles. The monoisotopic (exact) mass is 816 g/mol. The van der Waals surface area contributed by atoms with Crippen LogP contribution < -0.4 is 19.9 Å². The number of benzene rings is 3. The number of aromatic nitrogens is 3. The number of ether oxygens (including phenoxy) is 2. The smallest absolute Gasteiger partial charge is 0.264 e. The number of halogens is 1. The van der Waals surface area contributed by atoms with Gasteiger partial charge >= 0.3 is 0 Å². The Morgan fingerprint density at radius 1 is 1.05 bits per heavy atom. The van der Waals surface area contributed by atoms with E-state index in [2.05, 4.69) is 15.6 Å². The third-order valence-electron chi connectivity index (χ3n) is 11.6. The summed E-state index contributed by atoms with van der Waals surface area (Å²) in [5.41, 5.74) is 3.66. The molecular weight excluding hydrogens is 764 g/mol. The second-order valence-corrected chi connectivity index (χ2v) is 20.3. The Kier molecular flexibility index (Phi) is 12.2. The average Bonchev–Trinajstić information content (AvgIpc) is 3.82. The number of anilines is 3. The Labute approximate surface area is 339 Å². The predicted molar refractivity (Wildman–Crippen MR) is 220 cm³/mol. The summed E-state index contributed by atoms with van der Waals surface area (Å²) in [6.45, 7) is 9.61. The van der Waals surface area contributed by atoms with Gasteiger partial charge in [0.2, 0.25) is 5.91 Å². The van der Waals surface area contributed by atoms with Gasteiger partial charge in [0.05, 0.1) is 42.4 Å². The summed E-state index contributed by atoms with van der Waals surface area (Å²) in [5.74, 6) is 0.0657. The fourth-order valence-electron chi connectivity index (χ4n) is 9.11. The van der Waals surface area contributed by atoms with Crippen molar-refractivity contribution in [2.75, 3.05) is 36.2 Å². The molecule has 0 radical (unpaired) electrons. The third kappa shape index (κ3) is 8.01. The molecule has 304 valence electrons. The number of nitrogens with one attached hydrogen (secondary N) is 1. The Hall–Kier alpha value is -4.15. The minimum atomic E-state index is -2.91. The van der Waals surface area contributed by atoms with Crippen molar-refractivity contribution < 1.29 is 34.1 Å². The number of amides is 2. The van der Waals surface area contributed by atoms with Gasteiger partial charge in [-0.3, -0.25) is 19.2 Å². The van der Waals surface area contributed by atoms with Gasteiger partial charge in [-0.2, -0.15) is 0 Å². The molecule has 4 heterocycles. The summed E-state index contributed by atoms with van der Waals surface area (Å²) in [6.07, 6.45) is 4.16. The van der Waals surface area contributed by atoms with Crippen molar-refractivity contribution in [1.29, 1.82) is 0 Å². The number of nitrogens with zero attached hydrogens (tertiary/aromatic N) is 5. The zero-order valence-corrected chi connectivity index (χ0v) is 34.8. The SMILES string of the molecule is CCOc1ccc2c(c1)CC(NCCCCO)C(=O)N2c1cccc(CN2C(=O)[C@@]3(O[C@@H](CCn4cc(CCO)nn4)[C@H]([Si](C)(C)O)[C@H]3C)c3cc(Cl)ccc32)c1. The molecule has 4 aromatic rings. The summed E-state index contributed by atoms with van der Waals surface area (Å²) in [4.78, 5) is 44.6. The van der Waals surface area contributed by atoms with Gasteiger partial charge in [-0.1, -0.05) is 35.9 Å². The van der Waals surface area contributed by atoms with Gasteiger partial charge in [-0.05, 0) is 112 Å². The molecule has 5 atom stereocenters. The molecule has 3 aliphatic heterocycles. The van der Waals surface area contributed by atoms with Crippen LogP contribution in [-0.4, -0.2) is 88.6 Å². The van der Waals surface area contributed by atoms with Gasteiger partial charge in [0.25, 0.3) is 5.91 Å². The van der Waals surface area contributed by atoms with E-state index in [0.29, 0.717) is 73.0 Å². The van der Waals surface area contributed by atoms with E-state index in [-0.39, 0.29) is 43.0 Å². The van der Waals surface area contributed by atoms with Crippen LogP contribution in [0.1, 0.15) is 55.5 Å². The molecule has 1 saturated heterocycles. The Morgan fingerprint density at radius 2 is 1.86 bits per heavy atom. The normalized spacial score (nSPS) is 23.1. The molecule has 13 nitrogen and oxygen atoms in total. The molecule has 0 bridgehead atoms. The number of carbonyl (C=O) groups excluding carboxylic acids is 2. The summed E-state index contributed by atoms with van der Waals surface area (Å²) < 4.78 is 14.5. The van der Waals surface area contributed by atoms with Crippen molar-refractivity contribution in [3.05, 3.63) is 94.3 Å². The van der Waals surface area contributed by atoms with Crippen LogP contribution in [0.15, 0.2) is 66.9 Å². The van der Waals surface area contributed by atoms with Crippen molar-refractivity contribution in [1.82, 2.24) is 20.3 Å². The number of carbonyl (C=O) groups is 2. The minimum Gasteiger partial charge on any atom is -0.494 e. The van der Waals surface area contributed by atoms with Crippen LogP contribution in [0.4, 0.5) is 17.1 Å². The van der Waals surface area contributed by atoms with Crippen LogP contribution in [0, 0.1) is 5.92 Å². The molecular formula is C42H53ClN6O7Si. The first-order valence-corrected chi connectivity index (χ1v) is 23.3. The Balaban J connectivity index is 1.20. The quantitative estimate of drug-likeness (QED) is 0.0869. The van der Waals surface area contributed by atoms with Crippen LogP contribution in [0.25, 0.3) is 0 Å². The van der Waals surface area contributed by atoms with Crippen LogP contribution in [-0.2, 0) is 45.9 Å². The van der Waals surface area contributed by atoms with Crippen molar-refractivity contribution in [2.24, 2.45) is 5.92 Å². The topological polar surface area (TPSA) is 163 Å². The van der Waals surface area contributed by atoms with Gasteiger partial charge in [0.15, 0.2) is 13.9 Å². The second-order valence-electron chi connectivity index (χ2n) is 15.9. The number of aliphatic hydroxyl groups excluding tert-OH is 2. The van der Waals surface area contributed by atoms with E-state index in [9.17, 15) is 19.8 Å². The van der Waals surface area contributed by atoms with Gasteiger partial charge in [0.1, 0.15) is 5.75 Å². The lowest BCUT2D eigenvalue weighted by molar-refractivity contribution is -0.146. The van der Waals surface area contributed by atoms with Gasteiger partial charge in [0, 0.05) is 60.1 Å². The zero-order valence-electron chi connectivity index (χ0n) is 33.0. The van der Waals surface area contributed by atoms with Crippen molar-refractivity contribution in [3.8, 4) is 5.75 Å². The lowest BCUT2D eigenvalue weighted by atomic mass is 9.82. The maximum absolute atomic E-state index is 15.1. The van der Waals surface area contributed by atoms with E-state index in [1.807, 2.05) is 81.5 Å². The van der Waals surface area contributed by atoms with Crippen LogP contribution in [0.3, 0.4) is 0 Å². The number of fused-ring (bicyclic) bond motifs is 3. The molecule has 0 aliphatic carbocycles. The lowest BCUT2D eigenvalue weighted by Crippen LogP contribution is -2.49. The summed E-state index contributed by atoms with van der Waals surface area (Å²) in [5, 5.41) is 30.9. The highest BCUT2D eigenvalue weighted by Crippen LogP contribution is 2.60. The Morgan fingerprint density at radius 3 is 2.61 bits per heavy atom. The standard InChI is InChI=1S/C42H53ClN6O7Si/c1-5-55-33-12-14-36-29(22-33)23-35(44-17-6-7-19-50)40(52)49(36)32-10-8-9-28(21-32)25-48-37-13-11-30(43)24-34(37)42(41(48)53)27(2)39(57(3,4)54)38(56-42)15-18-47-26-31(16-20-51)45-46-47/h8-14,21-22,24,26-27,35,38-39,44,50-51,54H,5-7,15-20,23,25H2,1-4H3/t27-,35?,38+,39-,42+/m1/s1. The molecule has 7 rings (SSSR count). The summed E-state index contributed by atoms with van der Waals surface area (Å²) in [6, 6.07) is 18.5. The van der Waals surface area contributed by atoms with E-state index in [1.54, 1.807) is 26.7 Å². The first-order valence-electron chi connectivity index (χ1n) is 19.9. The summed E-state index contributed by atoms with van der Waals surface area (Å²) >= 11 is 6.64. The second kappa shape index (κ2) is 17.0. The molecule has 1 fully saturated rings. The summed E-state index contributed by atoms with van der Waals surface area (Å²) in [7, 11) is -2.91. The number of aryl methyl sites for hydroxylation is 1. The van der Waals surface area contributed by atoms with Crippen LogP contribution in [0.2, 0.25) is 23.7 Å². The van der Waals surface area contributed by atoms with Gasteiger partial charge < -0.3 is 34.7 Å². The predicted octanol–water partition coefficient (Wildman–Crippen LogP) is 5.25.